The predicted octanol–water partition coefficient (Wildman–Crippen LogP) is 3.15. The second-order valence-electron chi connectivity index (χ2n) is 7.53. The molecule has 2 unspecified atom stereocenters. The number of amides is 3. The molecule has 1 saturated heterocycles. The molecule has 1 fully saturated rings. The fourth-order valence-electron chi connectivity index (χ4n) is 4.00. The van der Waals surface area contributed by atoms with Crippen LogP contribution in [-0.2, 0) is 6.54 Å². The van der Waals surface area contributed by atoms with Gasteiger partial charge in [-0.15, -0.1) is 0 Å². The second kappa shape index (κ2) is 9.56. The average molecular weight is 395 g/mol. The smallest absolute Gasteiger partial charge is 0.312 e. The lowest BCUT2D eigenvalue weighted by Gasteiger charge is -2.30. The molecule has 154 valence electrons. The van der Waals surface area contributed by atoms with Crippen LogP contribution in [0.2, 0.25) is 0 Å². The Balaban J connectivity index is 1.63. The molecule has 2 aromatic carbocycles. The molecule has 3 amide bonds. The molecule has 29 heavy (non-hydrogen) atoms. The average Bonchev–Trinajstić information content (AvgIpc) is 3.23. The van der Waals surface area contributed by atoms with Gasteiger partial charge in [0.15, 0.2) is 0 Å². The number of carbonyl (C=O) groups is 2. The fraction of sp³-hybridized carbons (Fsp3) is 0.391. The zero-order valence-corrected chi connectivity index (χ0v) is 17.2. The van der Waals surface area contributed by atoms with Gasteiger partial charge >= 0.3 is 6.03 Å². The summed E-state index contributed by atoms with van der Waals surface area (Å²) >= 11 is 0. The van der Waals surface area contributed by atoms with E-state index in [1.807, 2.05) is 42.2 Å². The molecule has 1 aliphatic rings. The summed E-state index contributed by atoms with van der Waals surface area (Å²) in [6.07, 6.45) is 0.984. The Morgan fingerprint density at radius 3 is 2.48 bits per heavy atom. The van der Waals surface area contributed by atoms with Crippen LogP contribution in [0.3, 0.4) is 0 Å². The number of hydrogen-bond acceptors (Lipinski definition) is 3. The molecule has 0 aliphatic carbocycles. The molecule has 6 heteroatoms. The Bertz CT molecular complexity index is 823. The maximum Gasteiger partial charge on any atom is 0.312 e. The van der Waals surface area contributed by atoms with Crippen LogP contribution >= 0.6 is 0 Å². The van der Waals surface area contributed by atoms with Crippen LogP contribution < -0.4 is 11.1 Å². The fourth-order valence-corrected chi connectivity index (χ4v) is 4.00. The number of carbonyl (C=O) groups excluding carboxylic acids is 2. The normalized spacial score (nSPS) is 17.7. The molecule has 2 atom stereocenters. The van der Waals surface area contributed by atoms with Gasteiger partial charge in [0.1, 0.15) is 0 Å². The van der Waals surface area contributed by atoms with Crippen molar-refractivity contribution in [1.82, 2.24) is 15.1 Å². The number of nitrogens with zero attached hydrogens (tertiary/aromatic N) is 2. The highest BCUT2D eigenvalue weighted by molar-refractivity contribution is 5.94. The standard InChI is InChI=1S/C23H30N4O2/c1-3-27(22(28)20-11-9-18(10-12-20)15-25-23(24)29)21-13-14-26(16-21)17(2)19-7-5-4-6-8-19/h4-12,17,21H,3,13-16H2,1-2H3,(H3,24,25,29). The Morgan fingerprint density at radius 1 is 1.17 bits per heavy atom. The van der Waals surface area contributed by atoms with E-state index in [2.05, 4.69) is 41.4 Å². The molecule has 0 saturated carbocycles. The van der Waals surface area contributed by atoms with E-state index >= 15 is 0 Å². The molecule has 1 heterocycles. The minimum atomic E-state index is -0.558. The topological polar surface area (TPSA) is 78.7 Å². The third-order valence-corrected chi connectivity index (χ3v) is 5.73. The van der Waals surface area contributed by atoms with Crippen LogP contribution in [0.15, 0.2) is 54.6 Å². The number of nitrogens with two attached hydrogens (primary N) is 1. The summed E-state index contributed by atoms with van der Waals surface area (Å²) in [7, 11) is 0. The number of urea groups is 1. The summed E-state index contributed by atoms with van der Waals surface area (Å²) in [6.45, 7) is 7.18. The van der Waals surface area contributed by atoms with Crippen LogP contribution in [0.1, 0.15) is 47.8 Å². The number of hydrogen-bond donors (Lipinski definition) is 2. The Labute approximate surface area is 172 Å². The summed E-state index contributed by atoms with van der Waals surface area (Å²) in [5, 5.41) is 2.56. The van der Waals surface area contributed by atoms with Gasteiger partial charge in [0.05, 0.1) is 0 Å². The van der Waals surface area contributed by atoms with Crippen molar-refractivity contribution in [3.05, 3.63) is 71.3 Å². The van der Waals surface area contributed by atoms with Crippen molar-refractivity contribution in [3.8, 4) is 0 Å². The van der Waals surface area contributed by atoms with E-state index < -0.39 is 6.03 Å². The third kappa shape index (κ3) is 5.15. The monoisotopic (exact) mass is 394 g/mol. The highest BCUT2D eigenvalue weighted by Gasteiger charge is 2.32. The van der Waals surface area contributed by atoms with Crippen LogP contribution in [0, 0.1) is 0 Å². The van der Waals surface area contributed by atoms with E-state index in [1.165, 1.54) is 5.56 Å². The first kappa shape index (κ1) is 20.9. The molecule has 0 spiro atoms. The van der Waals surface area contributed by atoms with Crippen molar-refractivity contribution in [2.45, 2.75) is 38.9 Å². The quantitative estimate of drug-likeness (QED) is 0.757. The first-order valence-electron chi connectivity index (χ1n) is 10.2. The summed E-state index contributed by atoms with van der Waals surface area (Å²) < 4.78 is 0. The summed E-state index contributed by atoms with van der Waals surface area (Å²) in [5.41, 5.74) is 7.99. The lowest BCUT2D eigenvalue weighted by Crippen LogP contribution is -2.42. The maximum atomic E-state index is 13.1. The van der Waals surface area contributed by atoms with Crippen molar-refractivity contribution in [3.63, 3.8) is 0 Å². The zero-order valence-electron chi connectivity index (χ0n) is 17.2. The first-order chi connectivity index (χ1) is 14.0. The van der Waals surface area contributed by atoms with E-state index in [1.54, 1.807) is 0 Å². The minimum Gasteiger partial charge on any atom is -0.352 e. The van der Waals surface area contributed by atoms with Gasteiger partial charge in [-0.1, -0.05) is 42.5 Å². The number of benzene rings is 2. The number of rotatable bonds is 7. The Morgan fingerprint density at radius 2 is 1.86 bits per heavy atom. The lowest BCUT2D eigenvalue weighted by molar-refractivity contribution is 0.0689. The van der Waals surface area contributed by atoms with Crippen molar-refractivity contribution in [1.29, 1.82) is 0 Å². The predicted molar refractivity (Wildman–Crippen MR) is 114 cm³/mol. The van der Waals surface area contributed by atoms with Crippen molar-refractivity contribution < 1.29 is 9.59 Å². The minimum absolute atomic E-state index is 0.0566. The van der Waals surface area contributed by atoms with Gasteiger partial charge in [-0.3, -0.25) is 9.69 Å². The molecule has 3 N–H and O–H groups in total. The van der Waals surface area contributed by atoms with E-state index in [9.17, 15) is 9.59 Å². The molecule has 0 bridgehead atoms. The Kier molecular flexibility index (Phi) is 6.88. The highest BCUT2D eigenvalue weighted by Crippen LogP contribution is 2.27. The molecule has 1 aliphatic heterocycles. The molecule has 2 aromatic rings. The maximum absolute atomic E-state index is 13.1. The van der Waals surface area contributed by atoms with Gasteiger partial charge in [0, 0.05) is 43.8 Å². The van der Waals surface area contributed by atoms with Gasteiger partial charge in [-0.2, -0.15) is 0 Å². The molecule has 0 radical (unpaired) electrons. The molecular weight excluding hydrogens is 364 g/mol. The van der Waals surface area contributed by atoms with Gasteiger partial charge < -0.3 is 16.0 Å². The molecular formula is C23H30N4O2. The summed E-state index contributed by atoms with van der Waals surface area (Å²) in [5.74, 6) is 0.0566. The molecule has 3 rings (SSSR count). The first-order valence-corrected chi connectivity index (χ1v) is 10.2. The van der Waals surface area contributed by atoms with Gasteiger partial charge in [-0.05, 0) is 43.5 Å². The van der Waals surface area contributed by atoms with E-state index in [0.717, 1.165) is 25.1 Å². The molecule has 6 nitrogen and oxygen atoms in total. The van der Waals surface area contributed by atoms with Crippen LogP contribution in [-0.4, -0.2) is 47.4 Å². The third-order valence-electron chi connectivity index (χ3n) is 5.73. The molecule has 0 aromatic heterocycles. The number of nitrogens with one attached hydrogen (secondary N) is 1. The van der Waals surface area contributed by atoms with Gasteiger partial charge in [-0.25, -0.2) is 4.79 Å². The summed E-state index contributed by atoms with van der Waals surface area (Å²) in [4.78, 5) is 28.4. The van der Waals surface area contributed by atoms with Crippen molar-refractivity contribution in [2.75, 3.05) is 19.6 Å². The highest BCUT2D eigenvalue weighted by atomic mass is 16.2. The van der Waals surface area contributed by atoms with Crippen molar-refractivity contribution in [2.24, 2.45) is 5.73 Å². The largest absolute Gasteiger partial charge is 0.352 e. The number of likely N-dealkylation sites (N-methyl/N-ethyl adjacent to an activating group) is 1. The van der Waals surface area contributed by atoms with E-state index in [-0.39, 0.29) is 11.9 Å². The van der Waals surface area contributed by atoms with Crippen LogP contribution in [0.5, 0.6) is 0 Å². The van der Waals surface area contributed by atoms with Gasteiger partial charge in [0.2, 0.25) is 0 Å². The second-order valence-corrected chi connectivity index (χ2v) is 7.53. The van der Waals surface area contributed by atoms with Gasteiger partial charge in [0.25, 0.3) is 5.91 Å². The van der Waals surface area contributed by atoms with Crippen LogP contribution in [0.25, 0.3) is 0 Å². The lowest BCUT2D eigenvalue weighted by atomic mass is 10.1. The SMILES string of the molecule is CCN(C(=O)c1ccc(CNC(N)=O)cc1)C1CCN(C(C)c2ccccc2)C1. The number of primary amides is 1. The van der Waals surface area contributed by atoms with Crippen LogP contribution in [0.4, 0.5) is 4.79 Å². The zero-order chi connectivity index (χ0) is 20.8. The Hall–Kier alpha value is -2.86. The number of likely N-dealkylation sites (tertiary alicyclic amines) is 1. The van der Waals surface area contributed by atoms with E-state index in [4.69, 9.17) is 5.73 Å². The van der Waals surface area contributed by atoms with E-state index in [0.29, 0.717) is 24.7 Å². The van der Waals surface area contributed by atoms with Crippen molar-refractivity contribution >= 4 is 11.9 Å². The summed E-state index contributed by atoms with van der Waals surface area (Å²) in [6, 6.07) is 17.9.